The van der Waals surface area contributed by atoms with Crippen molar-refractivity contribution >= 4 is 0 Å². The van der Waals surface area contributed by atoms with Crippen molar-refractivity contribution in [1.82, 2.24) is 0 Å². The third-order valence-electron chi connectivity index (χ3n) is 0.829. The van der Waals surface area contributed by atoms with Crippen LogP contribution >= 0.6 is 0 Å². The third-order valence-corrected chi connectivity index (χ3v) is 0.829. The van der Waals surface area contributed by atoms with Crippen molar-refractivity contribution in [2.75, 3.05) is 0 Å². The molecule has 0 spiro atoms. The van der Waals surface area contributed by atoms with E-state index in [2.05, 4.69) is 19.1 Å². The minimum atomic E-state index is 0. The van der Waals surface area contributed by atoms with E-state index >= 15 is 0 Å². The normalized spacial score (nSPS) is 7.57. The second-order valence-corrected chi connectivity index (χ2v) is 1.46. The summed E-state index contributed by atoms with van der Waals surface area (Å²) in [6.45, 7) is 2.08. The van der Waals surface area contributed by atoms with Crippen LogP contribution in [0.2, 0.25) is 0 Å². The van der Waals surface area contributed by atoms with E-state index in [9.17, 15) is 0 Å². The minimum absolute atomic E-state index is 0. The Labute approximate surface area is 54.4 Å². The summed E-state index contributed by atoms with van der Waals surface area (Å²) in [5.74, 6) is 0. The predicted molar refractivity (Wildman–Crippen MR) is 26.8 cm³/mol. The van der Waals surface area contributed by atoms with Crippen molar-refractivity contribution < 1.29 is 17.1 Å². The zero-order valence-corrected chi connectivity index (χ0v) is 5.37. The maximum absolute atomic E-state index is 2.08. The zero-order chi connectivity index (χ0) is 4.41. The Kier molecular flexibility index (Phi) is 2.89. The molecule has 0 heterocycles. The smallest absolute Gasteiger partial charge is 0.213 e. The Morgan fingerprint density at radius 2 is 1.57 bits per heavy atom. The Balaban J connectivity index is 0.000000360. The molecule has 0 aliphatic rings. The van der Waals surface area contributed by atoms with Gasteiger partial charge in [-0.05, 0) is 0 Å². The van der Waals surface area contributed by atoms with Gasteiger partial charge in [0.05, 0.1) is 0 Å². The second-order valence-electron chi connectivity index (χ2n) is 1.46. The molecule has 37 valence electrons. The second kappa shape index (κ2) is 2.95. The Morgan fingerprint density at radius 1 is 1.14 bits per heavy atom. The van der Waals surface area contributed by atoms with Gasteiger partial charge >= 0.3 is 17.1 Å². The SMILES string of the molecule is C[c-]1cccc1.[Mn+2]. The van der Waals surface area contributed by atoms with E-state index in [1.54, 1.807) is 0 Å². The minimum Gasteiger partial charge on any atom is -0.213 e. The molecule has 7 heavy (non-hydrogen) atoms. The van der Waals surface area contributed by atoms with Crippen molar-refractivity contribution in [3.63, 3.8) is 0 Å². The quantitative estimate of drug-likeness (QED) is 0.374. The molecule has 1 radical (unpaired) electrons. The fraction of sp³-hybridized carbons (Fsp3) is 0.167. The van der Waals surface area contributed by atoms with Gasteiger partial charge in [-0.2, -0.15) is 17.7 Å². The van der Waals surface area contributed by atoms with Gasteiger partial charge in [-0.25, -0.2) is 12.1 Å². The molecule has 1 aromatic rings. The standard InChI is InChI=1S/C6H7.Mn/c1-6-4-2-3-5-6;/h2-5H,1H3;/q-1;+2. The van der Waals surface area contributed by atoms with Gasteiger partial charge in [-0.15, -0.1) is 0 Å². The van der Waals surface area contributed by atoms with Crippen LogP contribution in [0, 0.1) is 6.92 Å². The van der Waals surface area contributed by atoms with E-state index in [4.69, 9.17) is 0 Å². The molecule has 0 amide bonds. The molecule has 0 aromatic heterocycles. The fourth-order valence-electron chi connectivity index (χ4n) is 0.470. The van der Waals surface area contributed by atoms with Gasteiger partial charge < -0.3 is 0 Å². The van der Waals surface area contributed by atoms with Crippen LogP contribution in [0.4, 0.5) is 0 Å². The third kappa shape index (κ3) is 1.86. The van der Waals surface area contributed by atoms with E-state index < -0.39 is 0 Å². The average Bonchev–Trinajstić information content (AvgIpc) is 1.86. The summed E-state index contributed by atoms with van der Waals surface area (Å²) in [4.78, 5) is 0. The molecule has 0 saturated heterocycles. The molecule has 0 nitrogen and oxygen atoms in total. The summed E-state index contributed by atoms with van der Waals surface area (Å²) in [6.07, 6.45) is 0. The van der Waals surface area contributed by atoms with Crippen molar-refractivity contribution in [3.05, 3.63) is 29.8 Å². The largest absolute Gasteiger partial charge is 2.00 e. The van der Waals surface area contributed by atoms with Gasteiger partial charge in [-0.1, -0.05) is 6.92 Å². The first-order valence-corrected chi connectivity index (χ1v) is 2.08. The number of hydrogen-bond acceptors (Lipinski definition) is 0. The van der Waals surface area contributed by atoms with E-state index in [0.717, 1.165) is 0 Å². The first kappa shape index (κ1) is 6.87. The summed E-state index contributed by atoms with van der Waals surface area (Å²) in [5, 5.41) is 0. The topological polar surface area (TPSA) is 0 Å². The molecule has 0 N–H and O–H groups in total. The number of aryl methyl sites for hydroxylation is 1. The Morgan fingerprint density at radius 3 is 1.71 bits per heavy atom. The van der Waals surface area contributed by atoms with Crippen LogP contribution < -0.4 is 0 Å². The van der Waals surface area contributed by atoms with Crippen molar-refractivity contribution in [1.29, 1.82) is 0 Å². The van der Waals surface area contributed by atoms with Gasteiger partial charge in [0.1, 0.15) is 0 Å². The molecule has 0 unspecified atom stereocenters. The van der Waals surface area contributed by atoms with Crippen molar-refractivity contribution in [2.24, 2.45) is 0 Å². The molecular weight excluding hydrogens is 127 g/mol. The molecule has 0 aliphatic carbocycles. The molecule has 1 heteroatoms. The van der Waals surface area contributed by atoms with Gasteiger partial charge in [0.25, 0.3) is 0 Å². The number of hydrogen-bond donors (Lipinski definition) is 0. The Hall–Kier alpha value is -0.131. The fourth-order valence-corrected chi connectivity index (χ4v) is 0.470. The zero-order valence-electron chi connectivity index (χ0n) is 4.19. The molecule has 0 bridgehead atoms. The van der Waals surface area contributed by atoms with Crippen LogP contribution in [0.15, 0.2) is 24.3 Å². The molecule has 1 aromatic carbocycles. The van der Waals surface area contributed by atoms with Crippen LogP contribution in [0.25, 0.3) is 0 Å². The first-order chi connectivity index (χ1) is 2.89. The summed E-state index contributed by atoms with van der Waals surface area (Å²) in [6, 6.07) is 8.24. The monoisotopic (exact) mass is 134 g/mol. The molecule has 0 fully saturated rings. The molecule has 0 saturated carbocycles. The Bertz CT molecular complexity index is 108. The summed E-state index contributed by atoms with van der Waals surface area (Å²) in [7, 11) is 0. The van der Waals surface area contributed by atoms with E-state index in [-0.39, 0.29) is 17.1 Å². The van der Waals surface area contributed by atoms with Gasteiger partial charge in [0.2, 0.25) is 0 Å². The average molecular weight is 134 g/mol. The van der Waals surface area contributed by atoms with Crippen LogP contribution in [0.1, 0.15) is 5.56 Å². The van der Waals surface area contributed by atoms with E-state index in [1.165, 1.54) is 5.56 Å². The predicted octanol–water partition coefficient (Wildman–Crippen LogP) is 1.71. The van der Waals surface area contributed by atoms with Crippen molar-refractivity contribution in [2.45, 2.75) is 6.92 Å². The van der Waals surface area contributed by atoms with Gasteiger partial charge in [0.15, 0.2) is 0 Å². The molecule has 0 aliphatic heterocycles. The van der Waals surface area contributed by atoms with Crippen LogP contribution in [-0.2, 0) is 17.1 Å². The molecule has 0 atom stereocenters. The van der Waals surface area contributed by atoms with Crippen LogP contribution in [0.5, 0.6) is 0 Å². The van der Waals surface area contributed by atoms with E-state index in [0.29, 0.717) is 0 Å². The summed E-state index contributed by atoms with van der Waals surface area (Å²) >= 11 is 0. The van der Waals surface area contributed by atoms with Gasteiger partial charge in [0, 0.05) is 0 Å². The number of rotatable bonds is 0. The molecule has 1 rings (SSSR count). The van der Waals surface area contributed by atoms with Crippen LogP contribution in [-0.4, -0.2) is 0 Å². The first-order valence-electron chi connectivity index (χ1n) is 2.08. The van der Waals surface area contributed by atoms with Crippen LogP contribution in [0.3, 0.4) is 0 Å². The van der Waals surface area contributed by atoms with Gasteiger partial charge in [-0.3, -0.25) is 0 Å². The van der Waals surface area contributed by atoms with E-state index in [1.807, 2.05) is 12.1 Å². The maximum atomic E-state index is 2.08. The maximum Gasteiger partial charge on any atom is 2.00 e. The summed E-state index contributed by atoms with van der Waals surface area (Å²) in [5.41, 5.74) is 1.34. The van der Waals surface area contributed by atoms with Crippen molar-refractivity contribution in [3.8, 4) is 0 Å². The molecular formula is C6H7Mn+. The summed E-state index contributed by atoms with van der Waals surface area (Å²) < 4.78 is 0.